The zero-order valence-electron chi connectivity index (χ0n) is 8.40. The molecule has 0 bridgehead atoms. The second-order valence-corrected chi connectivity index (χ2v) is 3.63. The van der Waals surface area contributed by atoms with Crippen molar-refractivity contribution in [2.24, 2.45) is 0 Å². The van der Waals surface area contributed by atoms with Gasteiger partial charge in [0.15, 0.2) is 0 Å². The molecule has 0 saturated heterocycles. The first-order valence-electron chi connectivity index (χ1n) is 4.65. The molecule has 4 heteroatoms. The van der Waals surface area contributed by atoms with Crippen molar-refractivity contribution in [2.75, 3.05) is 0 Å². The zero-order valence-corrected chi connectivity index (χ0v) is 9.29. The van der Waals surface area contributed by atoms with Crippen molar-refractivity contribution in [3.8, 4) is 5.75 Å². The van der Waals surface area contributed by atoms with E-state index in [0.29, 0.717) is 5.75 Å². The summed E-state index contributed by atoms with van der Waals surface area (Å²) in [5.41, 5.74) is 2.26. The van der Waals surface area contributed by atoms with Crippen molar-refractivity contribution in [3.05, 3.63) is 29.3 Å². The highest BCUT2D eigenvalue weighted by molar-refractivity contribution is 7.39. The van der Waals surface area contributed by atoms with E-state index in [1.54, 1.807) is 6.07 Å². The van der Waals surface area contributed by atoms with E-state index in [9.17, 15) is 0 Å². The van der Waals surface area contributed by atoms with Gasteiger partial charge in [0.05, 0.1) is 0 Å². The average molecular weight is 214 g/mol. The summed E-state index contributed by atoms with van der Waals surface area (Å²) in [6.07, 6.45) is 1.76. The summed E-state index contributed by atoms with van der Waals surface area (Å²) in [6.45, 7) is 4.09. The van der Waals surface area contributed by atoms with Gasteiger partial charge < -0.3 is 14.3 Å². The number of aryl methyl sites for hydroxylation is 1. The van der Waals surface area contributed by atoms with Crippen LogP contribution in [0.25, 0.3) is 0 Å². The Balaban J connectivity index is 3.02. The fourth-order valence-electron chi connectivity index (χ4n) is 1.52. The molecule has 1 aromatic rings. The second-order valence-electron chi connectivity index (χ2n) is 2.94. The third-order valence-corrected chi connectivity index (χ3v) is 2.50. The number of hydrogen-bond donors (Lipinski definition) is 2. The molecule has 0 heterocycles. The Morgan fingerprint density at radius 3 is 2.43 bits per heavy atom. The summed E-state index contributed by atoms with van der Waals surface area (Å²) in [4.78, 5) is 17.6. The van der Waals surface area contributed by atoms with Crippen LogP contribution in [0, 0.1) is 0 Å². The maximum atomic E-state index is 8.79. The first-order chi connectivity index (χ1) is 6.69. The van der Waals surface area contributed by atoms with E-state index in [1.165, 1.54) is 5.56 Å². The summed E-state index contributed by atoms with van der Waals surface area (Å²) in [6, 6.07) is 5.66. The van der Waals surface area contributed by atoms with E-state index in [4.69, 9.17) is 14.3 Å². The van der Waals surface area contributed by atoms with Crippen molar-refractivity contribution < 1.29 is 14.3 Å². The molecule has 3 nitrogen and oxygen atoms in total. The summed E-state index contributed by atoms with van der Waals surface area (Å²) in [5.74, 6) is 0.586. The summed E-state index contributed by atoms with van der Waals surface area (Å²) in [5, 5.41) is 0. The quantitative estimate of drug-likeness (QED) is 0.756. The predicted molar refractivity (Wildman–Crippen MR) is 57.2 cm³/mol. The van der Waals surface area contributed by atoms with Crippen LogP contribution < -0.4 is 4.52 Å². The van der Waals surface area contributed by atoms with Gasteiger partial charge in [-0.25, -0.2) is 0 Å². The van der Waals surface area contributed by atoms with Crippen LogP contribution in [-0.4, -0.2) is 9.79 Å². The first kappa shape index (κ1) is 11.4. The van der Waals surface area contributed by atoms with Gasteiger partial charge in [-0.05, 0) is 30.0 Å². The molecule has 0 radical (unpaired) electrons. The van der Waals surface area contributed by atoms with Crippen LogP contribution >= 0.6 is 8.60 Å². The van der Waals surface area contributed by atoms with Crippen LogP contribution in [0.5, 0.6) is 5.75 Å². The average Bonchev–Trinajstić information content (AvgIpc) is 2.16. The topological polar surface area (TPSA) is 49.7 Å². The Labute approximate surface area is 85.4 Å². The minimum atomic E-state index is -2.32. The molecule has 0 aliphatic heterocycles. The van der Waals surface area contributed by atoms with Crippen LogP contribution in [0.2, 0.25) is 0 Å². The minimum absolute atomic E-state index is 0.586. The van der Waals surface area contributed by atoms with Crippen molar-refractivity contribution in [1.29, 1.82) is 0 Å². The Hall–Kier alpha value is -0.630. The van der Waals surface area contributed by atoms with Crippen LogP contribution in [0.4, 0.5) is 0 Å². The predicted octanol–water partition coefficient (Wildman–Crippen LogP) is 2.40. The van der Waals surface area contributed by atoms with E-state index < -0.39 is 8.60 Å². The molecule has 0 amide bonds. The molecule has 0 saturated carbocycles. The van der Waals surface area contributed by atoms with Gasteiger partial charge in [-0.2, -0.15) is 0 Å². The lowest BCUT2D eigenvalue weighted by Crippen LogP contribution is -1.96. The standard InChI is InChI=1S/C10H15O3P/c1-3-8-6-5-7-10(9(8)4-2)13-14(11)12/h5-7,11-12H,3-4H2,1-2H3. The highest BCUT2D eigenvalue weighted by Crippen LogP contribution is 2.33. The number of hydrogen-bond acceptors (Lipinski definition) is 3. The third-order valence-electron chi connectivity index (χ3n) is 2.14. The maximum Gasteiger partial charge on any atom is 0.391 e. The molecule has 0 aromatic heterocycles. The lowest BCUT2D eigenvalue weighted by Gasteiger charge is -2.13. The van der Waals surface area contributed by atoms with E-state index in [0.717, 1.165) is 18.4 Å². The zero-order chi connectivity index (χ0) is 10.6. The van der Waals surface area contributed by atoms with E-state index >= 15 is 0 Å². The molecule has 1 rings (SSSR count). The summed E-state index contributed by atoms with van der Waals surface area (Å²) < 4.78 is 4.95. The van der Waals surface area contributed by atoms with Crippen LogP contribution in [0.15, 0.2) is 18.2 Å². The van der Waals surface area contributed by atoms with Crippen molar-refractivity contribution in [3.63, 3.8) is 0 Å². The Kier molecular flexibility index (Phi) is 4.33. The molecule has 78 valence electrons. The van der Waals surface area contributed by atoms with Gasteiger partial charge in [-0.3, -0.25) is 0 Å². The van der Waals surface area contributed by atoms with Gasteiger partial charge in [-0.1, -0.05) is 26.0 Å². The molecule has 0 aliphatic carbocycles. The Morgan fingerprint density at radius 2 is 1.93 bits per heavy atom. The highest BCUT2D eigenvalue weighted by Gasteiger charge is 2.09. The molecule has 0 unspecified atom stereocenters. The van der Waals surface area contributed by atoms with Gasteiger partial charge >= 0.3 is 8.60 Å². The highest BCUT2D eigenvalue weighted by atomic mass is 31.2. The van der Waals surface area contributed by atoms with Gasteiger partial charge in [0.25, 0.3) is 0 Å². The van der Waals surface area contributed by atoms with Gasteiger partial charge in [0, 0.05) is 0 Å². The van der Waals surface area contributed by atoms with Crippen molar-refractivity contribution >= 4 is 8.60 Å². The Morgan fingerprint density at radius 1 is 1.21 bits per heavy atom. The smallest absolute Gasteiger partial charge is 0.391 e. The van der Waals surface area contributed by atoms with Gasteiger partial charge in [-0.15, -0.1) is 0 Å². The van der Waals surface area contributed by atoms with Gasteiger partial charge in [0.2, 0.25) is 0 Å². The summed E-state index contributed by atoms with van der Waals surface area (Å²) in [7, 11) is -2.32. The molecule has 14 heavy (non-hydrogen) atoms. The Bertz CT molecular complexity index is 299. The van der Waals surface area contributed by atoms with Crippen LogP contribution in [0.1, 0.15) is 25.0 Å². The fraction of sp³-hybridized carbons (Fsp3) is 0.400. The normalized spacial score (nSPS) is 10.6. The maximum absolute atomic E-state index is 8.79. The first-order valence-corrected chi connectivity index (χ1v) is 5.82. The van der Waals surface area contributed by atoms with Crippen molar-refractivity contribution in [1.82, 2.24) is 0 Å². The molecule has 1 aromatic carbocycles. The van der Waals surface area contributed by atoms with Crippen LogP contribution in [0.3, 0.4) is 0 Å². The third kappa shape index (κ3) is 2.68. The largest absolute Gasteiger partial charge is 0.427 e. The van der Waals surface area contributed by atoms with Crippen LogP contribution in [-0.2, 0) is 12.8 Å². The van der Waals surface area contributed by atoms with E-state index in [1.807, 2.05) is 19.1 Å². The SMILES string of the molecule is CCc1cccc(OP(O)O)c1CC. The molecule has 2 N–H and O–H groups in total. The minimum Gasteiger partial charge on any atom is -0.427 e. The number of rotatable bonds is 4. The molecule has 0 atom stereocenters. The molecular formula is C10H15O3P. The fourth-order valence-corrected chi connectivity index (χ4v) is 1.86. The molecule has 0 aliphatic rings. The molecule has 0 fully saturated rings. The number of benzene rings is 1. The van der Waals surface area contributed by atoms with E-state index in [-0.39, 0.29) is 0 Å². The lowest BCUT2D eigenvalue weighted by atomic mass is 10.0. The molecular weight excluding hydrogens is 199 g/mol. The molecule has 0 spiro atoms. The monoisotopic (exact) mass is 214 g/mol. The second kappa shape index (κ2) is 5.30. The summed E-state index contributed by atoms with van der Waals surface area (Å²) >= 11 is 0. The van der Waals surface area contributed by atoms with Crippen molar-refractivity contribution in [2.45, 2.75) is 26.7 Å². The lowest BCUT2D eigenvalue weighted by molar-refractivity contribution is 0.373. The van der Waals surface area contributed by atoms with E-state index in [2.05, 4.69) is 6.92 Å². The van der Waals surface area contributed by atoms with Gasteiger partial charge in [0.1, 0.15) is 5.75 Å².